The minimum absolute atomic E-state index is 0.0393. The zero-order valence-corrected chi connectivity index (χ0v) is 16.1. The number of amides is 2. The molecule has 9 nitrogen and oxygen atoms in total. The van der Waals surface area contributed by atoms with Crippen LogP contribution < -0.4 is 10.6 Å². The van der Waals surface area contributed by atoms with E-state index in [-0.39, 0.29) is 23.8 Å². The molecule has 1 aliphatic heterocycles. The number of hydrogen-bond acceptors (Lipinski definition) is 5. The second kappa shape index (κ2) is 6.95. The van der Waals surface area contributed by atoms with Crippen LogP contribution in [0.4, 0.5) is 10.5 Å². The van der Waals surface area contributed by atoms with E-state index in [0.717, 1.165) is 37.5 Å². The van der Waals surface area contributed by atoms with E-state index in [1.165, 1.54) is 6.42 Å². The number of rotatable bonds is 6. The Kier molecular flexibility index (Phi) is 4.63. The van der Waals surface area contributed by atoms with Crippen molar-refractivity contribution in [3.05, 3.63) is 24.0 Å². The Morgan fingerprint density at radius 2 is 2.26 bits per heavy atom. The van der Waals surface area contributed by atoms with Crippen LogP contribution in [0.2, 0.25) is 0 Å². The van der Waals surface area contributed by atoms with Gasteiger partial charge in [0.1, 0.15) is 12.4 Å². The van der Waals surface area contributed by atoms with E-state index < -0.39 is 0 Å². The summed E-state index contributed by atoms with van der Waals surface area (Å²) < 4.78 is 9.79. The van der Waals surface area contributed by atoms with Gasteiger partial charge in [-0.1, -0.05) is 0 Å². The predicted molar refractivity (Wildman–Crippen MR) is 99.5 cm³/mol. The first kappa shape index (κ1) is 18.0. The van der Waals surface area contributed by atoms with Gasteiger partial charge in [-0.25, -0.2) is 4.79 Å². The van der Waals surface area contributed by atoms with Gasteiger partial charge in [-0.15, -0.1) is 10.2 Å². The van der Waals surface area contributed by atoms with Crippen LogP contribution in [0.1, 0.15) is 51.7 Å². The van der Waals surface area contributed by atoms with E-state index in [2.05, 4.69) is 30.5 Å². The molecule has 1 aliphatic carbocycles. The molecule has 0 aromatic carbocycles. The number of carbonyl (C=O) groups excluding carboxylic acids is 1. The van der Waals surface area contributed by atoms with Crippen LogP contribution in [0, 0.1) is 0 Å². The summed E-state index contributed by atoms with van der Waals surface area (Å²) in [5, 5.41) is 18.7. The average Bonchev–Trinajstić information content (AvgIpc) is 2.97. The molecule has 9 heteroatoms. The lowest BCUT2D eigenvalue weighted by Gasteiger charge is -2.16. The van der Waals surface area contributed by atoms with E-state index in [0.29, 0.717) is 12.2 Å². The zero-order valence-electron chi connectivity index (χ0n) is 16.1. The molecular formula is C18H27N7O2. The number of nitrogens with zero attached hydrogens (tertiary/aromatic N) is 5. The van der Waals surface area contributed by atoms with Gasteiger partial charge in [0.05, 0.1) is 29.6 Å². The first-order chi connectivity index (χ1) is 12.9. The molecule has 3 heterocycles. The van der Waals surface area contributed by atoms with Gasteiger partial charge in [0.2, 0.25) is 0 Å². The summed E-state index contributed by atoms with van der Waals surface area (Å²) in [6.45, 7) is 7.53. The number of carbonyl (C=O) groups is 1. The maximum atomic E-state index is 12.2. The van der Waals surface area contributed by atoms with Crippen molar-refractivity contribution in [2.45, 2.75) is 77.3 Å². The van der Waals surface area contributed by atoms with Crippen LogP contribution in [-0.4, -0.2) is 48.3 Å². The third-order valence-corrected chi connectivity index (χ3v) is 5.13. The fraction of sp³-hybridized carbons (Fsp3) is 0.667. The second-order valence-electron chi connectivity index (χ2n) is 7.90. The van der Waals surface area contributed by atoms with Crippen molar-refractivity contribution >= 4 is 11.7 Å². The van der Waals surface area contributed by atoms with Crippen molar-refractivity contribution in [2.75, 3.05) is 5.32 Å². The SMILES string of the molecule is CC(C)O[C@@]1(C)C[C@H]1NC(=O)Nc1cnn(Cc2nnc3n2CCCC3)c1. The number of hydrogen-bond donors (Lipinski definition) is 2. The molecule has 0 spiro atoms. The molecule has 1 saturated carbocycles. The van der Waals surface area contributed by atoms with Crippen molar-refractivity contribution in [3.8, 4) is 0 Å². The van der Waals surface area contributed by atoms with Crippen LogP contribution in [-0.2, 0) is 24.2 Å². The molecule has 0 saturated heterocycles. The lowest BCUT2D eigenvalue weighted by atomic mass is 10.2. The van der Waals surface area contributed by atoms with Gasteiger partial charge < -0.3 is 19.9 Å². The second-order valence-corrected chi connectivity index (χ2v) is 7.90. The molecule has 2 atom stereocenters. The molecule has 146 valence electrons. The molecule has 2 N–H and O–H groups in total. The highest BCUT2D eigenvalue weighted by molar-refractivity contribution is 5.89. The highest BCUT2D eigenvalue weighted by Crippen LogP contribution is 2.40. The Hall–Kier alpha value is -2.42. The van der Waals surface area contributed by atoms with Gasteiger partial charge in [0.25, 0.3) is 0 Å². The number of aromatic nitrogens is 5. The smallest absolute Gasteiger partial charge is 0.319 e. The number of anilines is 1. The molecule has 1 fully saturated rings. The van der Waals surface area contributed by atoms with Crippen LogP contribution in [0.5, 0.6) is 0 Å². The summed E-state index contributed by atoms with van der Waals surface area (Å²) in [6.07, 6.45) is 7.74. The first-order valence-corrected chi connectivity index (χ1v) is 9.62. The summed E-state index contributed by atoms with van der Waals surface area (Å²) in [5.74, 6) is 1.96. The largest absolute Gasteiger partial charge is 0.370 e. The normalized spacial score (nSPS) is 23.9. The minimum atomic E-state index is -0.261. The maximum absolute atomic E-state index is 12.2. The van der Waals surface area contributed by atoms with E-state index in [9.17, 15) is 4.79 Å². The van der Waals surface area contributed by atoms with Gasteiger partial charge >= 0.3 is 6.03 Å². The van der Waals surface area contributed by atoms with Crippen molar-refractivity contribution < 1.29 is 9.53 Å². The van der Waals surface area contributed by atoms with E-state index in [1.54, 1.807) is 17.1 Å². The molecule has 27 heavy (non-hydrogen) atoms. The number of fused-ring (bicyclic) bond motifs is 1. The number of ether oxygens (including phenoxy) is 1. The Morgan fingerprint density at radius 3 is 3.07 bits per heavy atom. The third kappa shape index (κ3) is 3.97. The quantitative estimate of drug-likeness (QED) is 0.806. The minimum Gasteiger partial charge on any atom is -0.370 e. The van der Waals surface area contributed by atoms with E-state index in [1.807, 2.05) is 20.8 Å². The third-order valence-electron chi connectivity index (χ3n) is 5.13. The molecule has 0 unspecified atom stereocenters. The summed E-state index contributed by atoms with van der Waals surface area (Å²) >= 11 is 0. The molecule has 2 aliphatic rings. The Morgan fingerprint density at radius 1 is 1.41 bits per heavy atom. The fourth-order valence-corrected chi connectivity index (χ4v) is 3.69. The number of urea groups is 1. The van der Waals surface area contributed by atoms with E-state index in [4.69, 9.17) is 4.74 Å². The van der Waals surface area contributed by atoms with Crippen LogP contribution in [0.3, 0.4) is 0 Å². The Balaban J connectivity index is 1.31. The highest BCUT2D eigenvalue weighted by atomic mass is 16.5. The number of aryl methyl sites for hydroxylation is 1. The van der Waals surface area contributed by atoms with Crippen molar-refractivity contribution in [2.24, 2.45) is 0 Å². The first-order valence-electron chi connectivity index (χ1n) is 9.62. The summed E-state index contributed by atoms with van der Waals surface area (Å²) in [4.78, 5) is 12.2. The topological polar surface area (TPSA) is 98.9 Å². The molecule has 0 bridgehead atoms. The lowest BCUT2D eigenvalue weighted by molar-refractivity contribution is -0.00450. The molecule has 2 aromatic rings. The fourth-order valence-electron chi connectivity index (χ4n) is 3.69. The average molecular weight is 373 g/mol. The summed E-state index contributed by atoms with van der Waals surface area (Å²) in [7, 11) is 0. The number of nitrogens with one attached hydrogen (secondary N) is 2. The Labute approximate surface area is 158 Å². The van der Waals surface area contributed by atoms with Gasteiger partial charge in [0, 0.05) is 25.6 Å². The van der Waals surface area contributed by atoms with Crippen LogP contribution in [0.15, 0.2) is 12.4 Å². The predicted octanol–water partition coefficient (Wildman–Crippen LogP) is 1.94. The van der Waals surface area contributed by atoms with Gasteiger partial charge in [0.15, 0.2) is 5.82 Å². The lowest BCUT2D eigenvalue weighted by Crippen LogP contribution is -2.36. The standard InChI is InChI=1S/C18H27N7O2/c1-12(2)27-18(3)8-14(18)21-17(26)20-13-9-19-24(10-13)11-16-23-22-15-6-4-5-7-25(15)16/h9-10,12,14H,4-8,11H2,1-3H3,(H2,20,21,26)/t14-,18+/m1/s1. The van der Waals surface area contributed by atoms with Gasteiger partial charge in [-0.3, -0.25) is 4.68 Å². The molecule has 4 rings (SSSR count). The van der Waals surface area contributed by atoms with Gasteiger partial charge in [-0.05, 0) is 33.6 Å². The molecule has 0 radical (unpaired) electrons. The summed E-state index contributed by atoms with van der Waals surface area (Å²) in [5.41, 5.74) is 0.389. The monoisotopic (exact) mass is 373 g/mol. The van der Waals surface area contributed by atoms with E-state index >= 15 is 0 Å². The van der Waals surface area contributed by atoms with Crippen molar-refractivity contribution in [1.29, 1.82) is 0 Å². The molecule has 2 aromatic heterocycles. The molecule has 2 amide bonds. The Bertz CT molecular complexity index is 828. The maximum Gasteiger partial charge on any atom is 0.319 e. The van der Waals surface area contributed by atoms with Crippen LogP contribution >= 0.6 is 0 Å². The summed E-state index contributed by atoms with van der Waals surface area (Å²) in [6, 6.07) is -0.201. The molecular weight excluding hydrogens is 346 g/mol. The van der Waals surface area contributed by atoms with Gasteiger partial charge in [-0.2, -0.15) is 5.10 Å². The zero-order chi connectivity index (χ0) is 19.0. The van der Waals surface area contributed by atoms with Crippen molar-refractivity contribution in [1.82, 2.24) is 29.9 Å². The highest BCUT2D eigenvalue weighted by Gasteiger charge is 2.53. The van der Waals surface area contributed by atoms with Crippen LogP contribution in [0.25, 0.3) is 0 Å². The van der Waals surface area contributed by atoms with Crippen molar-refractivity contribution in [3.63, 3.8) is 0 Å².